The summed E-state index contributed by atoms with van der Waals surface area (Å²) in [5.74, 6) is 1.67. The van der Waals surface area contributed by atoms with E-state index in [1.54, 1.807) is 6.20 Å². The minimum absolute atomic E-state index is 0.178. The van der Waals surface area contributed by atoms with Crippen LogP contribution in [0.1, 0.15) is 37.0 Å². The molecule has 0 aliphatic rings. The summed E-state index contributed by atoms with van der Waals surface area (Å²) < 4.78 is 0. The maximum atomic E-state index is 4.40. The topological polar surface area (TPSA) is 50.7 Å². The molecule has 0 aliphatic carbocycles. The van der Waals surface area contributed by atoms with Gasteiger partial charge in [0.15, 0.2) is 0 Å². The van der Waals surface area contributed by atoms with Gasteiger partial charge in [-0.25, -0.2) is 9.97 Å². The molecule has 0 spiro atoms. The van der Waals surface area contributed by atoms with Gasteiger partial charge in [0.25, 0.3) is 0 Å². The zero-order chi connectivity index (χ0) is 13.0. The third-order valence-electron chi connectivity index (χ3n) is 2.80. The van der Waals surface area contributed by atoms with Crippen LogP contribution in [0.3, 0.4) is 0 Å². The van der Waals surface area contributed by atoms with E-state index in [0.717, 1.165) is 29.3 Å². The molecule has 18 heavy (non-hydrogen) atoms. The summed E-state index contributed by atoms with van der Waals surface area (Å²) in [7, 11) is 0. The third-order valence-corrected chi connectivity index (χ3v) is 2.80. The van der Waals surface area contributed by atoms with E-state index in [9.17, 15) is 0 Å². The van der Waals surface area contributed by atoms with Gasteiger partial charge >= 0.3 is 0 Å². The summed E-state index contributed by atoms with van der Waals surface area (Å²) in [6.45, 7) is 6.11. The van der Waals surface area contributed by atoms with Crippen LogP contribution in [-0.2, 0) is 6.42 Å². The summed E-state index contributed by atoms with van der Waals surface area (Å²) in [6.07, 6.45) is 4.56. The number of nitrogens with one attached hydrogen (secondary N) is 1. The zero-order valence-corrected chi connectivity index (χ0v) is 11.0. The second-order valence-corrected chi connectivity index (χ2v) is 4.30. The summed E-state index contributed by atoms with van der Waals surface area (Å²) >= 11 is 0. The Balaban J connectivity index is 2.16. The molecule has 0 bridgehead atoms. The number of hydrogen-bond acceptors (Lipinski definition) is 4. The Morgan fingerprint density at radius 3 is 2.83 bits per heavy atom. The first-order chi connectivity index (χ1) is 8.69. The van der Waals surface area contributed by atoms with Crippen molar-refractivity contribution in [1.29, 1.82) is 0 Å². The highest BCUT2D eigenvalue weighted by atomic mass is 15.0. The molecule has 1 unspecified atom stereocenters. The summed E-state index contributed by atoms with van der Waals surface area (Å²) in [5, 5.41) is 3.38. The Kier molecular flexibility index (Phi) is 3.87. The molecule has 94 valence electrons. The maximum Gasteiger partial charge on any atom is 0.130 e. The van der Waals surface area contributed by atoms with E-state index in [1.165, 1.54) is 0 Å². The molecule has 0 aromatic carbocycles. The largest absolute Gasteiger partial charge is 0.363 e. The van der Waals surface area contributed by atoms with Crippen molar-refractivity contribution in [3.63, 3.8) is 0 Å². The molecular weight excluding hydrogens is 224 g/mol. The molecule has 2 aromatic rings. The molecule has 0 radical (unpaired) electrons. The standard InChI is InChI=1S/C14H18N4/c1-4-13-8-14(18-11(3)17-13)16-10(2)12-6-5-7-15-9-12/h5-10H,4H2,1-3H3,(H,16,17,18). The maximum absolute atomic E-state index is 4.40. The number of aryl methyl sites for hydroxylation is 2. The molecular formula is C14H18N4. The first-order valence-corrected chi connectivity index (χ1v) is 6.20. The highest BCUT2D eigenvalue weighted by molar-refractivity contribution is 5.39. The summed E-state index contributed by atoms with van der Waals surface area (Å²) in [6, 6.07) is 6.17. The van der Waals surface area contributed by atoms with Crippen LogP contribution in [0.2, 0.25) is 0 Å². The number of pyridine rings is 1. The average molecular weight is 242 g/mol. The van der Waals surface area contributed by atoms with Crippen LogP contribution in [0.4, 0.5) is 5.82 Å². The van der Waals surface area contributed by atoms with Crippen LogP contribution in [0, 0.1) is 6.92 Å². The third kappa shape index (κ3) is 3.03. The van der Waals surface area contributed by atoms with Crippen molar-refractivity contribution in [3.05, 3.63) is 47.7 Å². The van der Waals surface area contributed by atoms with E-state index in [2.05, 4.69) is 40.2 Å². The van der Waals surface area contributed by atoms with E-state index < -0.39 is 0 Å². The Bertz CT molecular complexity index is 510. The van der Waals surface area contributed by atoms with Crippen molar-refractivity contribution in [3.8, 4) is 0 Å². The van der Waals surface area contributed by atoms with Crippen LogP contribution in [0.15, 0.2) is 30.6 Å². The van der Waals surface area contributed by atoms with Gasteiger partial charge in [0, 0.05) is 24.2 Å². The number of nitrogens with zero attached hydrogens (tertiary/aromatic N) is 3. The Morgan fingerprint density at radius 2 is 2.17 bits per heavy atom. The predicted octanol–water partition coefficient (Wildman–Crippen LogP) is 2.92. The molecule has 0 saturated heterocycles. The molecule has 0 amide bonds. The first-order valence-electron chi connectivity index (χ1n) is 6.20. The van der Waals surface area contributed by atoms with Gasteiger partial charge in [0.1, 0.15) is 11.6 Å². The fraction of sp³-hybridized carbons (Fsp3) is 0.357. The minimum Gasteiger partial charge on any atom is -0.363 e. The van der Waals surface area contributed by atoms with Gasteiger partial charge < -0.3 is 5.32 Å². The molecule has 4 heteroatoms. The molecule has 4 nitrogen and oxygen atoms in total. The molecule has 2 aromatic heterocycles. The molecule has 2 rings (SSSR count). The van der Waals surface area contributed by atoms with Crippen molar-refractivity contribution >= 4 is 5.82 Å². The molecule has 0 aliphatic heterocycles. The van der Waals surface area contributed by atoms with Gasteiger partial charge in [-0.1, -0.05) is 13.0 Å². The Morgan fingerprint density at radius 1 is 1.33 bits per heavy atom. The summed E-state index contributed by atoms with van der Waals surface area (Å²) in [5.41, 5.74) is 2.20. The highest BCUT2D eigenvalue weighted by Gasteiger charge is 2.07. The fourth-order valence-electron chi connectivity index (χ4n) is 1.82. The lowest BCUT2D eigenvalue weighted by Crippen LogP contribution is -2.09. The number of hydrogen-bond donors (Lipinski definition) is 1. The Labute approximate surface area is 108 Å². The highest BCUT2D eigenvalue weighted by Crippen LogP contribution is 2.17. The zero-order valence-electron chi connectivity index (χ0n) is 11.0. The molecule has 1 N–H and O–H groups in total. The second-order valence-electron chi connectivity index (χ2n) is 4.30. The predicted molar refractivity (Wildman–Crippen MR) is 72.4 cm³/mol. The van der Waals surface area contributed by atoms with Gasteiger partial charge in [-0.05, 0) is 31.9 Å². The lowest BCUT2D eigenvalue weighted by Gasteiger charge is -2.15. The van der Waals surface area contributed by atoms with Crippen LogP contribution < -0.4 is 5.32 Å². The quantitative estimate of drug-likeness (QED) is 0.895. The van der Waals surface area contributed by atoms with Crippen LogP contribution in [-0.4, -0.2) is 15.0 Å². The van der Waals surface area contributed by atoms with Gasteiger partial charge in [0.2, 0.25) is 0 Å². The van der Waals surface area contributed by atoms with E-state index in [1.807, 2.05) is 25.3 Å². The normalized spacial score (nSPS) is 12.2. The minimum atomic E-state index is 0.178. The average Bonchev–Trinajstić information content (AvgIpc) is 2.39. The van der Waals surface area contributed by atoms with Crippen molar-refractivity contribution in [1.82, 2.24) is 15.0 Å². The van der Waals surface area contributed by atoms with Gasteiger partial charge in [-0.2, -0.15) is 0 Å². The van der Waals surface area contributed by atoms with Crippen LogP contribution in [0.25, 0.3) is 0 Å². The molecule has 0 fully saturated rings. The summed E-state index contributed by atoms with van der Waals surface area (Å²) in [4.78, 5) is 12.9. The molecule has 1 atom stereocenters. The van der Waals surface area contributed by atoms with Gasteiger partial charge in [0.05, 0.1) is 6.04 Å². The molecule has 0 saturated carbocycles. The number of anilines is 1. The fourth-order valence-corrected chi connectivity index (χ4v) is 1.82. The van der Waals surface area contributed by atoms with E-state index in [4.69, 9.17) is 0 Å². The smallest absolute Gasteiger partial charge is 0.130 e. The lowest BCUT2D eigenvalue weighted by atomic mass is 10.1. The van der Waals surface area contributed by atoms with Crippen LogP contribution in [0.5, 0.6) is 0 Å². The van der Waals surface area contributed by atoms with Crippen molar-refractivity contribution < 1.29 is 0 Å². The number of aromatic nitrogens is 3. The number of rotatable bonds is 4. The lowest BCUT2D eigenvalue weighted by molar-refractivity contribution is 0.852. The van der Waals surface area contributed by atoms with Crippen molar-refractivity contribution in [2.45, 2.75) is 33.2 Å². The van der Waals surface area contributed by atoms with E-state index in [0.29, 0.717) is 0 Å². The molecule has 2 heterocycles. The van der Waals surface area contributed by atoms with E-state index in [-0.39, 0.29) is 6.04 Å². The van der Waals surface area contributed by atoms with Crippen molar-refractivity contribution in [2.24, 2.45) is 0 Å². The van der Waals surface area contributed by atoms with Crippen molar-refractivity contribution in [2.75, 3.05) is 5.32 Å². The SMILES string of the molecule is CCc1cc(NC(C)c2cccnc2)nc(C)n1. The van der Waals surface area contributed by atoms with Crippen LogP contribution >= 0.6 is 0 Å². The second kappa shape index (κ2) is 5.58. The first kappa shape index (κ1) is 12.5. The van der Waals surface area contributed by atoms with Gasteiger partial charge in [-0.15, -0.1) is 0 Å². The monoisotopic (exact) mass is 242 g/mol. The van der Waals surface area contributed by atoms with E-state index >= 15 is 0 Å². The van der Waals surface area contributed by atoms with Gasteiger partial charge in [-0.3, -0.25) is 4.98 Å². The Hall–Kier alpha value is -1.97.